The van der Waals surface area contributed by atoms with Crippen LogP contribution in [0.1, 0.15) is 33.4 Å². The largest absolute Gasteiger partial charge is 0.393 e. The van der Waals surface area contributed by atoms with E-state index in [1.165, 1.54) is 0 Å². The summed E-state index contributed by atoms with van der Waals surface area (Å²) in [6.07, 6.45) is 1.79. The van der Waals surface area contributed by atoms with Gasteiger partial charge in [0.15, 0.2) is 0 Å². The normalized spacial score (nSPS) is 8.69. The number of nitrogens with zero attached hydrogens (tertiary/aromatic N) is 3. The highest BCUT2D eigenvalue weighted by Crippen LogP contribution is 1.88. The van der Waals surface area contributed by atoms with Crippen molar-refractivity contribution in [2.75, 3.05) is 0 Å². The molecule has 16 heavy (non-hydrogen) atoms. The monoisotopic (exact) mass is 245 g/mol. The molecular weight excluding hydrogens is 222 g/mol. The van der Waals surface area contributed by atoms with Crippen LogP contribution in [0.5, 0.6) is 0 Å². The van der Waals surface area contributed by atoms with Crippen molar-refractivity contribution in [2.24, 2.45) is 24.4 Å². The fourth-order valence-electron chi connectivity index (χ4n) is 0.489. The van der Waals surface area contributed by atoms with E-state index in [4.69, 9.17) is 11.5 Å². The lowest BCUT2D eigenvalue weighted by atomic mass is 10.2. The van der Waals surface area contributed by atoms with Crippen LogP contribution in [0.4, 0.5) is 0 Å². The van der Waals surface area contributed by atoms with E-state index in [1.54, 1.807) is 10.9 Å². The van der Waals surface area contributed by atoms with Crippen LogP contribution < -0.4 is 11.5 Å². The van der Waals surface area contributed by atoms with E-state index < -0.39 is 0 Å². The molecule has 0 atom stereocenters. The third kappa shape index (κ3) is 9.54. The topological polar surface area (TPSA) is 82.8 Å². The van der Waals surface area contributed by atoms with E-state index in [0.717, 1.165) is 5.69 Å². The molecule has 0 aliphatic heterocycles. The van der Waals surface area contributed by atoms with E-state index in [9.17, 15) is 0 Å². The van der Waals surface area contributed by atoms with E-state index in [1.807, 2.05) is 34.7 Å². The molecule has 0 saturated carbocycles. The smallest absolute Gasteiger partial charge is 0.0962 e. The number of nitrogens with two attached hydrogens (primary N) is 2. The minimum atomic E-state index is 0.361. The average Bonchev–Trinajstić information content (AvgIpc) is 2.68. The first-order chi connectivity index (χ1) is 7.47. The first kappa shape index (κ1) is 17.4. The maximum atomic E-state index is 5.25. The van der Waals surface area contributed by atoms with Crippen molar-refractivity contribution in [2.45, 2.75) is 34.2 Å². The van der Waals surface area contributed by atoms with E-state index in [-0.39, 0.29) is 0 Å². The van der Waals surface area contributed by atoms with Gasteiger partial charge in [-0.2, -0.15) is 0 Å². The zero-order valence-electron chi connectivity index (χ0n) is 10.8. The molecule has 1 rings (SSSR count). The number of aryl methyl sites for hydroxylation is 1. The fourth-order valence-corrected chi connectivity index (χ4v) is 0.489. The molecule has 1 aromatic heterocycles. The second-order valence-electron chi connectivity index (χ2n) is 3.14. The van der Waals surface area contributed by atoms with Gasteiger partial charge in [-0.25, -0.2) is 0 Å². The standard InChI is InChI=1S/C4H8N4.C4H9NS.C2H6/c1-8-3-4(2-5)6-7-8;1-3(2)4(5)6;1-2/h3H,2,5H2,1H3;3H,1-2H3,(H2,5,6);1-2H3. The van der Waals surface area contributed by atoms with Crippen LogP contribution in [-0.4, -0.2) is 20.0 Å². The van der Waals surface area contributed by atoms with Crippen molar-refractivity contribution in [3.8, 4) is 0 Å². The Morgan fingerprint density at radius 3 is 2.06 bits per heavy atom. The Hall–Kier alpha value is -1.01. The summed E-state index contributed by atoms with van der Waals surface area (Å²) >= 11 is 4.60. The van der Waals surface area contributed by atoms with Crippen molar-refractivity contribution in [1.82, 2.24) is 15.0 Å². The summed E-state index contributed by atoms with van der Waals surface area (Å²) in [5.74, 6) is 0.361. The maximum Gasteiger partial charge on any atom is 0.0962 e. The number of hydrogen-bond acceptors (Lipinski definition) is 4. The molecule has 6 heteroatoms. The highest BCUT2D eigenvalue weighted by Gasteiger charge is 1.91. The van der Waals surface area contributed by atoms with Crippen molar-refractivity contribution >= 4 is 17.2 Å². The van der Waals surface area contributed by atoms with Gasteiger partial charge in [0.25, 0.3) is 0 Å². The molecule has 0 fully saturated rings. The van der Waals surface area contributed by atoms with Gasteiger partial charge < -0.3 is 11.5 Å². The lowest BCUT2D eigenvalue weighted by Gasteiger charge is -1.95. The molecule has 4 N–H and O–H groups in total. The van der Waals surface area contributed by atoms with Gasteiger partial charge in [0.05, 0.1) is 10.7 Å². The zero-order valence-corrected chi connectivity index (χ0v) is 11.6. The Balaban J connectivity index is 0. The van der Waals surface area contributed by atoms with Crippen LogP contribution in [-0.2, 0) is 13.6 Å². The lowest BCUT2D eigenvalue weighted by Crippen LogP contribution is -2.14. The fraction of sp³-hybridized carbons (Fsp3) is 0.700. The van der Waals surface area contributed by atoms with Crippen LogP contribution in [0, 0.1) is 5.92 Å². The number of aromatic nitrogens is 3. The number of hydrogen-bond donors (Lipinski definition) is 2. The molecule has 0 spiro atoms. The van der Waals surface area contributed by atoms with Gasteiger partial charge in [0.2, 0.25) is 0 Å². The summed E-state index contributed by atoms with van der Waals surface area (Å²) in [7, 11) is 1.81. The Bertz CT molecular complexity index is 282. The van der Waals surface area contributed by atoms with Crippen molar-refractivity contribution in [1.29, 1.82) is 0 Å². The van der Waals surface area contributed by atoms with E-state index >= 15 is 0 Å². The summed E-state index contributed by atoms with van der Waals surface area (Å²) in [5, 5.41) is 7.40. The third-order valence-corrected chi connectivity index (χ3v) is 1.90. The molecule has 0 aromatic carbocycles. The molecule has 94 valence electrons. The summed E-state index contributed by atoms with van der Waals surface area (Å²) in [5.41, 5.74) is 11.2. The summed E-state index contributed by atoms with van der Waals surface area (Å²) in [6.45, 7) is 8.42. The second kappa shape index (κ2) is 10.5. The highest BCUT2D eigenvalue weighted by atomic mass is 32.1. The molecule has 5 nitrogen and oxygen atoms in total. The Labute approximate surface area is 103 Å². The zero-order chi connectivity index (χ0) is 13.1. The predicted octanol–water partition coefficient (Wildman–Crippen LogP) is 1.23. The molecule has 0 saturated heterocycles. The van der Waals surface area contributed by atoms with Gasteiger partial charge in [-0.15, -0.1) is 5.10 Å². The van der Waals surface area contributed by atoms with Gasteiger partial charge in [-0.1, -0.05) is 45.1 Å². The molecule has 0 unspecified atom stereocenters. The molecule has 0 amide bonds. The highest BCUT2D eigenvalue weighted by molar-refractivity contribution is 7.80. The van der Waals surface area contributed by atoms with E-state index in [2.05, 4.69) is 22.5 Å². The van der Waals surface area contributed by atoms with Crippen molar-refractivity contribution < 1.29 is 0 Å². The number of thiocarbonyl (C=S) groups is 1. The summed E-state index contributed by atoms with van der Waals surface area (Å²) < 4.78 is 1.63. The SMILES string of the molecule is CC.CC(C)C(N)=S.Cn1cc(CN)nn1. The van der Waals surface area contributed by atoms with Crippen LogP contribution in [0.15, 0.2) is 6.20 Å². The maximum absolute atomic E-state index is 5.25. The predicted molar refractivity (Wildman–Crippen MR) is 71.9 cm³/mol. The second-order valence-corrected chi connectivity index (χ2v) is 3.62. The lowest BCUT2D eigenvalue weighted by molar-refractivity contribution is 0.713. The quantitative estimate of drug-likeness (QED) is 0.766. The van der Waals surface area contributed by atoms with Gasteiger partial charge in [-0.3, -0.25) is 4.68 Å². The molecule has 0 aliphatic carbocycles. The first-order valence-corrected chi connectivity index (χ1v) is 5.72. The average molecular weight is 245 g/mol. The van der Waals surface area contributed by atoms with Crippen LogP contribution >= 0.6 is 12.2 Å². The van der Waals surface area contributed by atoms with Crippen molar-refractivity contribution in [3.05, 3.63) is 11.9 Å². The summed E-state index contributed by atoms with van der Waals surface area (Å²) in [4.78, 5) is 0.593. The van der Waals surface area contributed by atoms with Crippen LogP contribution in [0.2, 0.25) is 0 Å². The van der Waals surface area contributed by atoms with Gasteiger partial charge in [0.1, 0.15) is 0 Å². The van der Waals surface area contributed by atoms with Crippen LogP contribution in [0.3, 0.4) is 0 Å². The molecule has 0 radical (unpaired) electrons. The molecular formula is C10H23N5S. The molecule has 0 bridgehead atoms. The van der Waals surface area contributed by atoms with Crippen LogP contribution in [0.25, 0.3) is 0 Å². The Morgan fingerprint density at radius 1 is 1.50 bits per heavy atom. The molecule has 1 aromatic rings. The van der Waals surface area contributed by atoms with Crippen molar-refractivity contribution in [3.63, 3.8) is 0 Å². The minimum Gasteiger partial charge on any atom is -0.393 e. The van der Waals surface area contributed by atoms with E-state index in [0.29, 0.717) is 17.5 Å². The Kier molecular flexibility index (Phi) is 11.4. The molecule has 0 aliphatic rings. The summed E-state index contributed by atoms with van der Waals surface area (Å²) in [6, 6.07) is 0. The Morgan fingerprint density at radius 2 is 1.94 bits per heavy atom. The van der Waals surface area contributed by atoms with Gasteiger partial charge in [0, 0.05) is 25.7 Å². The molecule has 1 heterocycles. The first-order valence-electron chi connectivity index (χ1n) is 5.32. The van der Waals surface area contributed by atoms with Gasteiger partial charge >= 0.3 is 0 Å². The number of rotatable bonds is 2. The van der Waals surface area contributed by atoms with Gasteiger partial charge in [-0.05, 0) is 0 Å². The third-order valence-electron chi connectivity index (χ3n) is 1.43. The minimum absolute atomic E-state index is 0.361.